The second-order valence-corrected chi connectivity index (χ2v) is 14.7. The van der Waals surface area contributed by atoms with E-state index in [1.807, 2.05) is 117 Å². The standard InChI is InChI=1S/C22H19N7O.C18H18N2O2S.C5H5N5/c1-13-6-3-4-8-15(13)18-16(27-17-9-5-7-14(2)29(17)22(18)30)10-28-12-26-19-20(23)24-11-25-21(19)28;1-12-6-3-4-8-14(12)17-15(10-22-11-23)19-16-9-5-7-13(2)20(16)18(17)21;6-4-3-5(9-1-7-3)10-2-8-4/h3-9,11-12H,10H2,1-2H3,(H2,23,24,25);3-9,23H,10-11H2,1-2H3;1-2H,(H3,6,7,8,9,10). The number of hydrogen-bond acceptors (Lipinski definition) is 14. The van der Waals surface area contributed by atoms with Crippen molar-refractivity contribution in [3.8, 4) is 22.3 Å². The Bertz CT molecular complexity index is 3410. The van der Waals surface area contributed by atoms with Gasteiger partial charge < -0.3 is 25.8 Å². The lowest BCUT2D eigenvalue weighted by molar-refractivity contribution is 0.167. The number of imidazole rings is 2. The third-order valence-corrected chi connectivity index (χ3v) is 10.6. The van der Waals surface area contributed by atoms with Crippen LogP contribution in [0, 0.1) is 27.7 Å². The van der Waals surface area contributed by atoms with Crippen molar-refractivity contribution < 1.29 is 4.74 Å². The Labute approximate surface area is 365 Å². The highest BCUT2D eigenvalue weighted by atomic mass is 32.1. The first-order chi connectivity index (χ1) is 30.5. The highest BCUT2D eigenvalue weighted by Gasteiger charge is 2.20. The van der Waals surface area contributed by atoms with E-state index in [9.17, 15) is 9.59 Å². The van der Waals surface area contributed by atoms with Crippen LogP contribution in [0.5, 0.6) is 0 Å². The summed E-state index contributed by atoms with van der Waals surface area (Å²) in [5.74, 6) is 1.03. The summed E-state index contributed by atoms with van der Waals surface area (Å²) in [7, 11) is 0. The van der Waals surface area contributed by atoms with Gasteiger partial charge in [-0.2, -0.15) is 12.6 Å². The molecule has 0 aliphatic rings. The van der Waals surface area contributed by atoms with Gasteiger partial charge in [0.1, 0.15) is 35.0 Å². The van der Waals surface area contributed by atoms with Gasteiger partial charge in [-0.05, 0) is 74.2 Å². The lowest BCUT2D eigenvalue weighted by Gasteiger charge is -2.14. The summed E-state index contributed by atoms with van der Waals surface area (Å²) >= 11 is 4.08. The maximum Gasteiger partial charge on any atom is 0.266 e. The number of nitrogen functional groups attached to an aromatic ring is 2. The van der Waals surface area contributed by atoms with Crippen molar-refractivity contribution in [2.45, 2.75) is 40.8 Å². The Morgan fingerprint density at radius 3 is 1.83 bits per heavy atom. The highest BCUT2D eigenvalue weighted by molar-refractivity contribution is 7.80. The van der Waals surface area contributed by atoms with Crippen molar-refractivity contribution in [2.24, 2.45) is 0 Å². The fourth-order valence-corrected chi connectivity index (χ4v) is 7.43. The minimum Gasteiger partial charge on any atom is -0.382 e. The number of hydrogen-bond donors (Lipinski definition) is 4. The van der Waals surface area contributed by atoms with Crippen molar-refractivity contribution in [3.63, 3.8) is 0 Å². The van der Waals surface area contributed by atoms with E-state index >= 15 is 0 Å². The molecule has 0 bridgehead atoms. The summed E-state index contributed by atoms with van der Waals surface area (Å²) in [4.78, 5) is 63.3. The summed E-state index contributed by atoms with van der Waals surface area (Å²) in [5.41, 5.74) is 22.8. The van der Waals surface area contributed by atoms with Gasteiger partial charge in [-0.3, -0.25) is 18.4 Å². The number of nitrogens with one attached hydrogen (secondary N) is 1. The van der Waals surface area contributed by atoms with E-state index in [1.54, 1.807) is 15.1 Å². The number of nitrogens with two attached hydrogens (primary N) is 2. The van der Waals surface area contributed by atoms with E-state index < -0.39 is 0 Å². The number of anilines is 2. The molecule has 0 saturated heterocycles. The fourth-order valence-electron chi connectivity index (χ4n) is 7.34. The molecule has 0 saturated carbocycles. The molecular formula is C45H42N14O3S. The molecule has 18 heteroatoms. The summed E-state index contributed by atoms with van der Waals surface area (Å²) in [6, 6.07) is 26.9. The van der Waals surface area contributed by atoms with E-state index in [4.69, 9.17) is 21.2 Å². The van der Waals surface area contributed by atoms with E-state index in [2.05, 4.69) is 52.5 Å². The number of ether oxygens (including phenoxy) is 1. The van der Waals surface area contributed by atoms with Crippen LogP contribution in [0.4, 0.5) is 11.6 Å². The quantitative estimate of drug-likeness (QED) is 0.106. The number of fused-ring (bicyclic) bond motifs is 4. The minimum atomic E-state index is -0.0963. The van der Waals surface area contributed by atoms with Crippen molar-refractivity contribution in [2.75, 3.05) is 17.4 Å². The number of aryl methyl sites for hydroxylation is 4. The molecule has 5 N–H and O–H groups in total. The Kier molecular flexibility index (Phi) is 12.0. The molecule has 63 heavy (non-hydrogen) atoms. The Hall–Kier alpha value is -7.83. The molecule has 0 spiro atoms. The third kappa shape index (κ3) is 8.31. The molecule has 0 fully saturated rings. The summed E-state index contributed by atoms with van der Waals surface area (Å²) in [6.07, 6.45) is 5.98. The second kappa shape index (κ2) is 18.0. The Morgan fingerprint density at radius 2 is 1.22 bits per heavy atom. The number of benzene rings is 2. The number of nitrogens with zero attached hydrogens (tertiary/aromatic N) is 11. The topological polar surface area (TPSA) is 228 Å². The molecule has 0 aliphatic carbocycles. The van der Waals surface area contributed by atoms with Gasteiger partial charge in [0.2, 0.25) is 0 Å². The van der Waals surface area contributed by atoms with Crippen LogP contribution in [0.25, 0.3) is 55.9 Å². The number of aromatic nitrogens is 12. The van der Waals surface area contributed by atoms with Crippen LogP contribution in [0.3, 0.4) is 0 Å². The first-order valence-corrected chi connectivity index (χ1v) is 20.3. The molecule has 0 aliphatic heterocycles. The monoisotopic (exact) mass is 858 g/mol. The van der Waals surface area contributed by atoms with Gasteiger partial charge >= 0.3 is 0 Å². The van der Waals surface area contributed by atoms with Gasteiger partial charge in [0.15, 0.2) is 22.9 Å². The second-order valence-electron chi connectivity index (χ2n) is 14.5. The van der Waals surface area contributed by atoms with Gasteiger partial charge in [0.05, 0.1) is 54.3 Å². The van der Waals surface area contributed by atoms with E-state index in [0.717, 1.165) is 33.6 Å². The summed E-state index contributed by atoms with van der Waals surface area (Å²) < 4.78 is 10.5. The van der Waals surface area contributed by atoms with E-state index in [-0.39, 0.29) is 23.7 Å². The molecule has 10 aromatic rings. The van der Waals surface area contributed by atoms with Crippen LogP contribution >= 0.6 is 12.6 Å². The molecule has 316 valence electrons. The van der Waals surface area contributed by atoms with Crippen molar-refractivity contribution in [3.05, 3.63) is 165 Å². The van der Waals surface area contributed by atoms with Gasteiger partial charge in [0.25, 0.3) is 11.1 Å². The molecule has 0 amide bonds. The molecule has 2 aromatic carbocycles. The summed E-state index contributed by atoms with van der Waals surface area (Å²) in [5, 5.41) is 0. The first-order valence-electron chi connectivity index (χ1n) is 19.7. The number of pyridine rings is 2. The number of aromatic amines is 1. The maximum absolute atomic E-state index is 13.6. The van der Waals surface area contributed by atoms with Crippen molar-refractivity contribution in [1.29, 1.82) is 0 Å². The maximum atomic E-state index is 13.6. The molecule has 8 heterocycles. The van der Waals surface area contributed by atoms with Crippen LogP contribution in [-0.2, 0) is 17.9 Å². The first kappa shape index (κ1) is 41.9. The molecule has 10 rings (SSSR count). The van der Waals surface area contributed by atoms with Crippen LogP contribution in [0.15, 0.2) is 120 Å². The van der Waals surface area contributed by atoms with Gasteiger partial charge in [-0.25, -0.2) is 39.9 Å². The zero-order chi connectivity index (χ0) is 44.2. The van der Waals surface area contributed by atoms with Crippen LogP contribution in [0.1, 0.15) is 33.9 Å². The zero-order valence-electron chi connectivity index (χ0n) is 34.8. The normalized spacial score (nSPS) is 11.1. The lowest BCUT2D eigenvalue weighted by atomic mass is 10.00. The molecular weight excluding hydrogens is 817 g/mol. The Morgan fingerprint density at radius 1 is 0.651 bits per heavy atom. The largest absolute Gasteiger partial charge is 0.382 e. The summed E-state index contributed by atoms with van der Waals surface area (Å²) in [6.45, 7) is 8.38. The molecule has 17 nitrogen and oxygen atoms in total. The number of H-pyrrole nitrogens is 1. The highest BCUT2D eigenvalue weighted by Crippen LogP contribution is 2.27. The molecule has 0 atom stereocenters. The SMILES string of the molecule is Cc1ccccc1-c1c(COCS)nc2cccc(C)n2c1=O.Cc1ccccc1-c1c(Cn2cnc3c(N)ncnc32)nc2cccc(C)n2c1=O.Nc1ncnc2nc[nH]c12. The predicted octanol–water partition coefficient (Wildman–Crippen LogP) is 6.07. The average Bonchev–Trinajstić information content (AvgIpc) is 3.93. The average molecular weight is 859 g/mol. The van der Waals surface area contributed by atoms with Gasteiger partial charge in [0, 0.05) is 11.4 Å². The van der Waals surface area contributed by atoms with E-state index in [1.165, 1.54) is 19.0 Å². The van der Waals surface area contributed by atoms with E-state index in [0.29, 0.717) is 74.3 Å². The van der Waals surface area contributed by atoms with Crippen LogP contribution < -0.4 is 22.6 Å². The molecule has 0 radical (unpaired) electrons. The molecule has 8 aromatic heterocycles. The van der Waals surface area contributed by atoms with Gasteiger partial charge in [-0.1, -0.05) is 60.7 Å². The van der Waals surface area contributed by atoms with Gasteiger partial charge in [-0.15, -0.1) is 0 Å². The Balaban J connectivity index is 0.000000145. The van der Waals surface area contributed by atoms with Crippen LogP contribution in [0.2, 0.25) is 0 Å². The zero-order valence-corrected chi connectivity index (χ0v) is 35.7. The lowest BCUT2D eigenvalue weighted by Crippen LogP contribution is -2.23. The van der Waals surface area contributed by atoms with Crippen molar-refractivity contribution in [1.82, 2.24) is 58.2 Å². The predicted molar refractivity (Wildman–Crippen MR) is 246 cm³/mol. The van der Waals surface area contributed by atoms with Crippen LogP contribution in [-0.4, -0.2) is 64.2 Å². The third-order valence-electron chi connectivity index (χ3n) is 10.4. The van der Waals surface area contributed by atoms with Crippen molar-refractivity contribution >= 4 is 57.9 Å². The molecule has 0 unspecified atom stereocenters. The number of thiol groups is 1. The minimum absolute atomic E-state index is 0.0693. The number of rotatable bonds is 7. The fraction of sp³-hybridized carbons (Fsp3) is 0.156. The smallest absolute Gasteiger partial charge is 0.266 e.